The summed E-state index contributed by atoms with van der Waals surface area (Å²) in [6.45, 7) is 9.20. The van der Waals surface area contributed by atoms with E-state index < -0.39 is 0 Å². The number of hydrogen-bond acceptors (Lipinski definition) is 1. The third kappa shape index (κ3) is 1.78. The Balaban J connectivity index is 2.33. The Kier molecular flexibility index (Phi) is 2.51. The zero-order valence-corrected chi connectivity index (χ0v) is 8.45. The molecule has 0 amide bonds. The molecule has 72 valence electrons. The van der Waals surface area contributed by atoms with E-state index in [0.717, 1.165) is 31.6 Å². The maximum atomic E-state index is 6.97. The lowest BCUT2D eigenvalue weighted by molar-refractivity contribution is 0.352. The summed E-state index contributed by atoms with van der Waals surface area (Å²) in [7, 11) is 2.15. The van der Waals surface area contributed by atoms with Gasteiger partial charge < -0.3 is 4.90 Å². The van der Waals surface area contributed by atoms with Crippen LogP contribution in [0.5, 0.6) is 0 Å². The van der Waals surface area contributed by atoms with Crippen LogP contribution in [0, 0.1) is 6.57 Å². The lowest BCUT2D eigenvalue weighted by Gasteiger charge is -2.10. The molecule has 1 heterocycles. The third-order valence-corrected chi connectivity index (χ3v) is 2.84. The molecule has 0 unspecified atom stereocenters. The summed E-state index contributed by atoms with van der Waals surface area (Å²) in [6, 6.07) is 6.08. The molecule has 0 atom stereocenters. The van der Waals surface area contributed by atoms with Crippen LogP contribution in [0.1, 0.15) is 11.1 Å². The maximum absolute atomic E-state index is 6.97. The minimum Gasteiger partial charge on any atom is -0.306 e. The first-order valence-electron chi connectivity index (χ1n) is 4.97. The highest BCUT2D eigenvalue weighted by Gasteiger charge is 2.10. The Bertz CT molecular complexity index is 376. The highest BCUT2D eigenvalue weighted by molar-refractivity contribution is 5.49. The van der Waals surface area contributed by atoms with Crippen molar-refractivity contribution in [3.8, 4) is 0 Å². The highest BCUT2D eigenvalue weighted by Crippen LogP contribution is 2.21. The van der Waals surface area contributed by atoms with Gasteiger partial charge in [0.25, 0.3) is 0 Å². The molecule has 0 saturated heterocycles. The van der Waals surface area contributed by atoms with Gasteiger partial charge in [-0.3, -0.25) is 0 Å². The standard InChI is InChI=1S/C12H14N2/c1-13-12-4-3-10-5-7-14(2)8-6-11(10)9-12/h3-4,9H,5-8H2,2H3. The molecule has 2 rings (SSSR count). The van der Waals surface area contributed by atoms with Gasteiger partial charge in [0, 0.05) is 13.1 Å². The van der Waals surface area contributed by atoms with Gasteiger partial charge in [-0.15, -0.1) is 0 Å². The zero-order valence-electron chi connectivity index (χ0n) is 8.45. The molecule has 0 radical (unpaired) electrons. The minimum absolute atomic E-state index is 0.772. The van der Waals surface area contributed by atoms with Crippen molar-refractivity contribution in [1.82, 2.24) is 4.90 Å². The fraction of sp³-hybridized carbons (Fsp3) is 0.417. The molecule has 1 aromatic rings. The summed E-state index contributed by atoms with van der Waals surface area (Å²) in [5.41, 5.74) is 3.55. The van der Waals surface area contributed by atoms with Gasteiger partial charge in [-0.1, -0.05) is 23.8 Å². The molecule has 2 nitrogen and oxygen atoms in total. The molecule has 1 aliphatic heterocycles. The van der Waals surface area contributed by atoms with Crippen LogP contribution in [0.25, 0.3) is 4.85 Å². The van der Waals surface area contributed by atoms with E-state index in [1.807, 2.05) is 12.1 Å². The molecule has 2 heteroatoms. The second kappa shape index (κ2) is 3.81. The van der Waals surface area contributed by atoms with Gasteiger partial charge >= 0.3 is 0 Å². The van der Waals surface area contributed by atoms with Crippen molar-refractivity contribution in [2.24, 2.45) is 0 Å². The normalized spacial score (nSPS) is 16.9. The Hall–Kier alpha value is -1.33. The fourth-order valence-electron chi connectivity index (χ4n) is 1.89. The smallest absolute Gasteiger partial charge is 0.187 e. The number of benzene rings is 1. The van der Waals surface area contributed by atoms with Crippen LogP contribution in [0.15, 0.2) is 18.2 Å². The predicted octanol–water partition coefficient (Wildman–Crippen LogP) is 2.27. The summed E-state index contributed by atoms with van der Waals surface area (Å²) in [6.07, 6.45) is 2.19. The van der Waals surface area contributed by atoms with Crippen molar-refractivity contribution in [2.45, 2.75) is 12.8 Å². The average molecular weight is 186 g/mol. The SMILES string of the molecule is [C-]#[N+]c1ccc2c(c1)CCN(C)CC2. The first kappa shape index (κ1) is 9.23. The van der Waals surface area contributed by atoms with Crippen LogP contribution in [0.2, 0.25) is 0 Å². The zero-order chi connectivity index (χ0) is 9.97. The van der Waals surface area contributed by atoms with Crippen LogP contribution in [-0.2, 0) is 12.8 Å². The molecule has 1 aromatic carbocycles. The van der Waals surface area contributed by atoms with Crippen molar-refractivity contribution < 1.29 is 0 Å². The van der Waals surface area contributed by atoms with Gasteiger partial charge in [-0.25, -0.2) is 4.85 Å². The Labute approximate surface area is 85.0 Å². The van der Waals surface area contributed by atoms with Crippen molar-refractivity contribution in [3.63, 3.8) is 0 Å². The quantitative estimate of drug-likeness (QED) is 0.564. The van der Waals surface area contributed by atoms with Crippen molar-refractivity contribution in [1.29, 1.82) is 0 Å². The first-order chi connectivity index (χ1) is 6.79. The number of hydrogen-bond donors (Lipinski definition) is 0. The van der Waals surface area contributed by atoms with Gasteiger partial charge in [0.2, 0.25) is 0 Å². The fourth-order valence-corrected chi connectivity index (χ4v) is 1.89. The second-order valence-corrected chi connectivity index (χ2v) is 3.87. The molecule has 0 spiro atoms. The lowest BCUT2D eigenvalue weighted by atomic mass is 10.0. The molecule has 14 heavy (non-hydrogen) atoms. The van der Waals surface area contributed by atoms with E-state index in [2.05, 4.69) is 22.9 Å². The number of nitrogens with zero attached hydrogens (tertiary/aromatic N) is 2. The number of rotatable bonds is 0. The summed E-state index contributed by atoms with van der Waals surface area (Å²) in [4.78, 5) is 5.81. The van der Waals surface area contributed by atoms with E-state index in [-0.39, 0.29) is 0 Å². The van der Waals surface area contributed by atoms with Crippen LogP contribution in [0.4, 0.5) is 5.69 Å². The summed E-state index contributed by atoms with van der Waals surface area (Å²) >= 11 is 0. The van der Waals surface area contributed by atoms with Crippen LogP contribution < -0.4 is 0 Å². The van der Waals surface area contributed by atoms with Gasteiger partial charge in [0.15, 0.2) is 5.69 Å². The van der Waals surface area contributed by atoms with E-state index in [1.54, 1.807) is 0 Å². The largest absolute Gasteiger partial charge is 0.306 e. The van der Waals surface area contributed by atoms with E-state index in [4.69, 9.17) is 6.57 Å². The predicted molar refractivity (Wildman–Crippen MR) is 57.6 cm³/mol. The monoisotopic (exact) mass is 186 g/mol. The van der Waals surface area contributed by atoms with Gasteiger partial charge in [0.05, 0.1) is 6.57 Å². The Morgan fingerprint density at radius 2 is 1.93 bits per heavy atom. The molecule has 0 aromatic heterocycles. The number of fused-ring (bicyclic) bond motifs is 1. The minimum atomic E-state index is 0.772. The van der Waals surface area contributed by atoms with Crippen LogP contribution in [-0.4, -0.2) is 25.0 Å². The summed E-state index contributed by atoms with van der Waals surface area (Å²) in [5.74, 6) is 0. The van der Waals surface area contributed by atoms with E-state index in [1.165, 1.54) is 11.1 Å². The van der Waals surface area contributed by atoms with Crippen molar-refractivity contribution >= 4 is 5.69 Å². The maximum Gasteiger partial charge on any atom is 0.187 e. The lowest BCUT2D eigenvalue weighted by Crippen LogP contribution is -2.20. The topological polar surface area (TPSA) is 7.60 Å². The van der Waals surface area contributed by atoms with Crippen molar-refractivity contribution in [3.05, 3.63) is 40.7 Å². The molecule has 0 bridgehead atoms. The summed E-state index contributed by atoms with van der Waals surface area (Å²) < 4.78 is 0. The molecule has 0 saturated carbocycles. The van der Waals surface area contributed by atoms with E-state index >= 15 is 0 Å². The highest BCUT2D eigenvalue weighted by atomic mass is 15.1. The van der Waals surface area contributed by atoms with Crippen molar-refractivity contribution in [2.75, 3.05) is 20.1 Å². The van der Waals surface area contributed by atoms with Crippen LogP contribution >= 0.6 is 0 Å². The third-order valence-electron chi connectivity index (χ3n) is 2.84. The van der Waals surface area contributed by atoms with Gasteiger partial charge in [-0.2, -0.15) is 0 Å². The summed E-state index contributed by atoms with van der Waals surface area (Å²) in [5, 5.41) is 0. The average Bonchev–Trinajstić information content (AvgIpc) is 2.40. The molecule has 0 fully saturated rings. The molecule has 1 aliphatic rings. The van der Waals surface area contributed by atoms with Gasteiger partial charge in [0.1, 0.15) is 0 Å². The molecular formula is C12H14N2. The Morgan fingerprint density at radius 3 is 2.64 bits per heavy atom. The van der Waals surface area contributed by atoms with E-state index in [0.29, 0.717) is 0 Å². The number of likely N-dealkylation sites (N-methyl/N-ethyl adjacent to an activating group) is 1. The molecule has 0 N–H and O–H groups in total. The first-order valence-corrected chi connectivity index (χ1v) is 4.97. The van der Waals surface area contributed by atoms with Crippen LogP contribution in [0.3, 0.4) is 0 Å². The molecule has 0 aliphatic carbocycles. The van der Waals surface area contributed by atoms with E-state index in [9.17, 15) is 0 Å². The second-order valence-electron chi connectivity index (χ2n) is 3.87. The van der Waals surface area contributed by atoms with Gasteiger partial charge in [-0.05, 0) is 25.5 Å². The Morgan fingerprint density at radius 1 is 1.21 bits per heavy atom. The molecular weight excluding hydrogens is 172 g/mol.